The molecule has 1 aromatic carbocycles. The first-order valence-corrected chi connectivity index (χ1v) is 11.4. The number of hydrogen-bond donors (Lipinski definition) is 1. The van der Waals surface area contributed by atoms with E-state index in [0.29, 0.717) is 12.0 Å². The maximum Gasteiger partial charge on any atom is 0.294 e. The number of aryl methyl sites for hydroxylation is 2. The molecule has 0 spiro atoms. The van der Waals surface area contributed by atoms with Crippen LogP contribution in [0.5, 0.6) is 0 Å². The zero-order chi connectivity index (χ0) is 17.5. The van der Waals surface area contributed by atoms with Crippen LogP contribution in [-0.4, -0.2) is 68.2 Å². The van der Waals surface area contributed by atoms with Crippen LogP contribution in [0, 0.1) is 6.92 Å². The molecule has 0 amide bonds. The van der Waals surface area contributed by atoms with Gasteiger partial charge in [-0.15, -0.1) is 0 Å². The summed E-state index contributed by atoms with van der Waals surface area (Å²) >= 11 is 3.79. The summed E-state index contributed by atoms with van der Waals surface area (Å²) in [5, 5.41) is 0. The highest BCUT2D eigenvalue weighted by Crippen LogP contribution is 2.19. The Balaban J connectivity index is 2.33. The normalized spacial score (nSPS) is 12.6. The van der Waals surface area contributed by atoms with Gasteiger partial charge in [0, 0.05) is 17.3 Å². The fourth-order valence-electron chi connectivity index (χ4n) is 2.00. The minimum Gasteiger partial charge on any atom is -0.330 e. The Morgan fingerprint density at radius 1 is 1.04 bits per heavy atom. The first kappa shape index (κ1) is 20.8. The standard InChI is InChI=1S/C16H27NO3S3/c1-14-5-6-16(23(18,19)20)15(13-14)7-9-21-11-12-22-10-8-17(2,3)4/h5-6,13H,7-12H2,1-4H3/p+1. The van der Waals surface area contributed by atoms with E-state index in [-0.39, 0.29) is 4.90 Å². The van der Waals surface area contributed by atoms with Gasteiger partial charge in [0.2, 0.25) is 0 Å². The Hall–Kier alpha value is -0.210. The van der Waals surface area contributed by atoms with Crippen molar-refractivity contribution in [1.82, 2.24) is 0 Å². The smallest absolute Gasteiger partial charge is 0.294 e. The summed E-state index contributed by atoms with van der Waals surface area (Å²) in [6.45, 7) is 3.09. The quantitative estimate of drug-likeness (QED) is 0.385. The molecule has 0 bridgehead atoms. The summed E-state index contributed by atoms with van der Waals surface area (Å²) in [6.07, 6.45) is 0.658. The van der Waals surface area contributed by atoms with Crippen molar-refractivity contribution in [1.29, 1.82) is 0 Å². The minimum atomic E-state index is -4.13. The maximum atomic E-state index is 11.4. The molecule has 1 N–H and O–H groups in total. The van der Waals surface area contributed by atoms with Crippen LogP contribution in [0.1, 0.15) is 11.1 Å². The third kappa shape index (κ3) is 9.00. The highest BCUT2D eigenvalue weighted by atomic mass is 32.2. The van der Waals surface area contributed by atoms with Crippen LogP contribution >= 0.6 is 23.5 Å². The fraction of sp³-hybridized carbons (Fsp3) is 0.625. The van der Waals surface area contributed by atoms with E-state index in [1.807, 2.05) is 36.5 Å². The number of thioether (sulfide) groups is 2. The predicted molar refractivity (Wildman–Crippen MR) is 102 cm³/mol. The molecule has 0 aromatic heterocycles. The Kier molecular flexibility index (Phi) is 8.44. The van der Waals surface area contributed by atoms with Crippen molar-refractivity contribution in [2.45, 2.75) is 18.2 Å². The first-order chi connectivity index (χ1) is 10.6. The second kappa shape index (κ2) is 9.32. The number of rotatable bonds is 10. The van der Waals surface area contributed by atoms with E-state index in [9.17, 15) is 13.0 Å². The molecule has 0 radical (unpaired) electrons. The molecule has 0 aliphatic rings. The summed E-state index contributed by atoms with van der Waals surface area (Å²) in [5.41, 5.74) is 1.71. The molecule has 0 unspecified atom stereocenters. The third-order valence-corrected chi connectivity index (χ3v) is 6.45. The number of nitrogens with zero attached hydrogens (tertiary/aromatic N) is 1. The largest absolute Gasteiger partial charge is 0.330 e. The molecular weight excluding hydrogens is 350 g/mol. The van der Waals surface area contributed by atoms with Crippen molar-refractivity contribution in [3.63, 3.8) is 0 Å². The van der Waals surface area contributed by atoms with Crippen LogP contribution in [0.3, 0.4) is 0 Å². The topological polar surface area (TPSA) is 54.4 Å². The van der Waals surface area contributed by atoms with Gasteiger partial charge in [-0.1, -0.05) is 17.7 Å². The molecule has 1 rings (SSSR count). The number of quaternary nitrogens is 1. The fourth-order valence-corrected chi connectivity index (χ4v) is 5.12. The van der Waals surface area contributed by atoms with Gasteiger partial charge in [0.15, 0.2) is 0 Å². The van der Waals surface area contributed by atoms with E-state index in [1.165, 1.54) is 6.07 Å². The highest BCUT2D eigenvalue weighted by Gasteiger charge is 2.15. The van der Waals surface area contributed by atoms with Gasteiger partial charge in [-0.25, -0.2) is 0 Å². The monoisotopic (exact) mass is 378 g/mol. The first-order valence-electron chi connectivity index (χ1n) is 7.62. The van der Waals surface area contributed by atoms with Gasteiger partial charge in [0.05, 0.1) is 32.6 Å². The summed E-state index contributed by atoms with van der Waals surface area (Å²) in [5.74, 6) is 4.20. The van der Waals surface area contributed by atoms with Gasteiger partial charge in [-0.2, -0.15) is 31.9 Å². The molecular formula is C16H28NO3S3+. The van der Waals surface area contributed by atoms with Crippen molar-refractivity contribution in [3.05, 3.63) is 29.3 Å². The Morgan fingerprint density at radius 2 is 1.65 bits per heavy atom. The lowest BCUT2D eigenvalue weighted by molar-refractivity contribution is -0.867. The van der Waals surface area contributed by atoms with E-state index >= 15 is 0 Å². The molecule has 0 fully saturated rings. The molecule has 4 nitrogen and oxygen atoms in total. The van der Waals surface area contributed by atoms with Crippen molar-refractivity contribution in [2.24, 2.45) is 0 Å². The van der Waals surface area contributed by atoms with Gasteiger partial charge in [0.1, 0.15) is 0 Å². The third-order valence-electron chi connectivity index (χ3n) is 3.29. The van der Waals surface area contributed by atoms with Crippen LogP contribution < -0.4 is 0 Å². The zero-order valence-electron chi connectivity index (χ0n) is 14.4. The number of benzene rings is 1. The Labute approximate surface area is 149 Å². The predicted octanol–water partition coefficient (Wildman–Crippen LogP) is 2.96. The van der Waals surface area contributed by atoms with E-state index in [1.54, 1.807) is 6.07 Å². The molecule has 0 saturated carbocycles. The Morgan fingerprint density at radius 3 is 2.22 bits per heavy atom. The van der Waals surface area contributed by atoms with Crippen molar-refractivity contribution >= 4 is 33.6 Å². The summed E-state index contributed by atoms with van der Waals surface area (Å²) < 4.78 is 33.1. The molecule has 132 valence electrons. The minimum absolute atomic E-state index is 0.0426. The Bertz CT molecular complexity index is 595. The van der Waals surface area contributed by atoms with Crippen molar-refractivity contribution in [3.8, 4) is 0 Å². The SMILES string of the molecule is Cc1ccc(S(=O)(=O)O)c(CCSCCSCC[N+](C)(C)C)c1. The van der Waals surface area contributed by atoms with E-state index < -0.39 is 10.1 Å². The molecule has 0 aliphatic carbocycles. The van der Waals surface area contributed by atoms with Crippen LogP contribution in [0.2, 0.25) is 0 Å². The van der Waals surface area contributed by atoms with Gasteiger partial charge in [-0.3, -0.25) is 4.55 Å². The second-order valence-electron chi connectivity index (χ2n) is 6.57. The zero-order valence-corrected chi connectivity index (χ0v) is 16.9. The maximum absolute atomic E-state index is 11.4. The molecule has 7 heteroatoms. The van der Waals surface area contributed by atoms with Crippen LogP contribution in [0.4, 0.5) is 0 Å². The van der Waals surface area contributed by atoms with E-state index in [2.05, 4.69) is 21.1 Å². The average molecular weight is 379 g/mol. The van der Waals surface area contributed by atoms with E-state index in [0.717, 1.165) is 39.6 Å². The van der Waals surface area contributed by atoms with Gasteiger partial charge < -0.3 is 4.48 Å². The molecule has 0 aliphatic heterocycles. The molecule has 1 aromatic rings. The van der Waals surface area contributed by atoms with Crippen molar-refractivity contribution < 1.29 is 17.5 Å². The molecule has 0 heterocycles. The van der Waals surface area contributed by atoms with Gasteiger partial charge >= 0.3 is 0 Å². The average Bonchev–Trinajstić information content (AvgIpc) is 2.39. The highest BCUT2D eigenvalue weighted by molar-refractivity contribution is 8.02. The van der Waals surface area contributed by atoms with Crippen LogP contribution in [0.15, 0.2) is 23.1 Å². The molecule has 23 heavy (non-hydrogen) atoms. The van der Waals surface area contributed by atoms with Crippen LogP contribution in [-0.2, 0) is 16.5 Å². The van der Waals surface area contributed by atoms with Gasteiger partial charge in [-0.05, 0) is 30.7 Å². The lowest BCUT2D eigenvalue weighted by Crippen LogP contribution is -2.36. The van der Waals surface area contributed by atoms with Gasteiger partial charge in [0.25, 0.3) is 10.1 Å². The van der Waals surface area contributed by atoms with Crippen LogP contribution in [0.25, 0.3) is 0 Å². The summed E-state index contributed by atoms with van der Waals surface area (Å²) in [7, 11) is 2.46. The second-order valence-corrected chi connectivity index (χ2v) is 10.4. The van der Waals surface area contributed by atoms with E-state index in [4.69, 9.17) is 0 Å². The summed E-state index contributed by atoms with van der Waals surface area (Å²) in [4.78, 5) is 0.0426. The molecule has 0 atom stereocenters. The van der Waals surface area contributed by atoms with Crippen molar-refractivity contribution in [2.75, 3.05) is 50.7 Å². The summed E-state index contributed by atoms with van der Waals surface area (Å²) in [6, 6.07) is 5.05. The lowest BCUT2D eigenvalue weighted by Gasteiger charge is -2.23. The lowest BCUT2D eigenvalue weighted by atomic mass is 10.1. The molecule has 0 saturated heterocycles. The number of hydrogen-bond acceptors (Lipinski definition) is 4.